The summed E-state index contributed by atoms with van der Waals surface area (Å²) in [6.45, 7) is 1.80. The van der Waals surface area contributed by atoms with Crippen LogP contribution in [0.1, 0.15) is 30.0 Å². The predicted molar refractivity (Wildman–Crippen MR) is 95.9 cm³/mol. The Balaban J connectivity index is 1.77. The lowest BCUT2D eigenvalue weighted by Crippen LogP contribution is -2.13. The smallest absolute Gasteiger partial charge is 0.215 e. The first kappa shape index (κ1) is 15.2. The number of aromatic amines is 1. The standard InChI is InChI=1S/C18H17N5O2/c1-11-20-23-18(25-11)13-6-8-15-16(17(13)24-2)14(21-22-15)7-5-12-4-3-9-19-10-12/h3-10,18,23H,1-2H3,(H,21,22). The minimum atomic E-state index is -0.371. The Morgan fingerprint density at radius 2 is 2.16 bits per heavy atom. The molecule has 2 N–H and O–H groups in total. The fourth-order valence-electron chi connectivity index (χ4n) is 2.83. The van der Waals surface area contributed by atoms with Crippen LogP contribution in [0.2, 0.25) is 0 Å². The number of fused-ring (bicyclic) bond motifs is 1. The third-order valence-electron chi connectivity index (χ3n) is 3.97. The van der Waals surface area contributed by atoms with Crippen molar-refractivity contribution in [2.24, 2.45) is 5.10 Å². The van der Waals surface area contributed by atoms with E-state index in [1.54, 1.807) is 26.4 Å². The Morgan fingerprint density at radius 3 is 2.88 bits per heavy atom. The molecule has 3 aromatic rings. The average molecular weight is 335 g/mol. The van der Waals surface area contributed by atoms with Gasteiger partial charge in [0.15, 0.2) is 0 Å². The Labute approximate surface area is 144 Å². The van der Waals surface area contributed by atoms with E-state index in [1.807, 2.05) is 36.4 Å². The van der Waals surface area contributed by atoms with Gasteiger partial charge in [0.1, 0.15) is 5.75 Å². The van der Waals surface area contributed by atoms with Crippen molar-refractivity contribution < 1.29 is 9.47 Å². The molecule has 0 saturated carbocycles. The number of hydrogen-bond acceptors (Lipinski definition) is 6. The highest BCUT2D eigenvalue weighted by molar-refractivity contribution is 5.95. The molecule has 0 fully saturated rings. The van der Waals surface area contributed by atoms with Gasteiger partial charge in [0, 0.05) is 19.3 Å². The van der Waals surface area contributed by atoms with E-state index in [0.29, 0.717) is 11.6 Å². The molecule has 0 saturated heterocycles. The highest BCUT2D eigenvalue weighted by Gasteiger charge is 2.25. The number of pyridine rings is 1. The number of hydrogen-bond donors (Lipinski definition) is 2. The lowest BCUT2D eigenvalue weighted by Gasteiger charge is -2.15. The highest BCUT2D eigenvalue weighted by Crippen LogP contribution is 2.36. The van der Waals surface area contributed by atoms with Gasteiger partial charge in [0.05, 0.1) is 29.3 Å². The van der Waals surface area contributed by atoms with Crippen LogP contribution >= 0.6 is 0 Å². The van der Waals surface area contributed by atoms with Crippen LogP contribution < -0.4 is 10.2 Å². The fourth-order valence-corrected chi connectivity index (χ4v) is 2.83. The molecule has 0 radical (unpaired) electrons. The molecule has 4 rings (SSSR count). The van der Waals surface area contributed by atoms with Crippen LogP contribution in [0.25, 0.3) is 23.1 Å². The molecule has 7 nitrogen and oxygen atoms in total. The molecule has 7 heteroatoms. The summed E-state index contributed by atoms with van der Waals surface area (Å²) in [4.78, 5) is 4.11. The van der Waals surface area contributed by atoms with E-state index in [-0.39, 0.29) is 6.23 Å². The van der Waals surface area contributed by atoms with E-state index in [0.717, 1.165) is 27.7 Å². The van der Waals surface area contributed by atoms with Crippen molar-refractivity contribution in [1.29, 1.82) is 0 Å². The van der Waals surface area contributed by atoms with E-state index in [9.17, 15) is 0 Å². The fraction of sp³-hybridized carbons (Fsp3) is 0.167. The van der Waals surface area contributed by atoms with Gasteiger partial charge >= 0.3 is 0 Å². The molecule has 1 aliphatic rings. The largest absolute Gasteiger partial charge is 0.495 e. The first-order chi connectivity index (χ1) is 12.3. The van der Waals surface area contributed by atoms with Gasteiger partial charge in [-0.2, -0.15) is 5.10 Å². The van der Waals surface area contributed by atoms with Gasteiger partial charge in [-0.1, -0.05) is 12.1 Å². The van der Waals surface area contributed by atoms with E-state index >= 15 is 0 Å². The second-order valence-corrected chi connectivity index (χ2v) is 5.60. The van der Waals surface area contributed by atoms with Gasteiger partial charge in [0.2, 0.25) is 12.1 Å². The normalized spacial score (nSPS) is 16.7. The molecule has 0 bridgehead atoms. The molecule has 0 aliphatic carbocycles. The van der Waals surface area contributed by atoms with Gasteiger partial charge in [-0.05, 0) is 29.8 Å². The van der Waals surface area contributed by atoms with E-state index in [4.69, 9.17) is 9.47 Å². The van der Waals surface area contributed by atoms with Crippen molar-refractivity contribution in [3.8, 4) is 5.75 Å². The summed E-state index contributed by atoms with van der Waals surface area (Å²) in [7, 11) is 1.64. The second kappa shape index (κ2) is 6.27. The first-order valence-electron chi connectivity index (χ1n) is 7.86. The van der Waals surface area contributed by atoms with Crippen LogP contribution in [-0.2, 0) is 4.74 Å². The zero-order valence-corrected chi connectivity index (χ0v) is 13.9. The van der Waals surface area contributed by atoms with Crippen molar-refractivity contribution >= 4 is 29.0 Å². The number of nitrogens with one attached hydrogen (secondary N) is 2. The number of hydrazone groups is 1. The number of methoxy groups -OCH3 is 1. The number of nitrogens with zero attached hydrogens (tertiary/aromatic N) is 3. The maximum atomic E-state index is 5.69. The number of H-pyrrole nitrogens is 1. The van der Waals surface area contributed by atoms with Crippen molar-refractivity contribution in [3.63, 3.8) is 0 Å². The Morgan fingerprint density at radius 1 is 1.24 bits per heavy atom. The third-order valence-corrected chi connectivity index (χ3v) is 3.97. The van der Waals surface area contributed by atoms with Crippen molar-refractivity contribution in [1.82, 2.24) is 20.6 Å². The maximum absolute atomic E-state index is 5.69. The molecule has 0 spiro atoms. The van der Waals surface area contributed by atoms with Crippen LogP contribution in [0.15, 0.2) is 41.8 Å². The zero-order chi connectivity index (χ0) is 17.2. The van der Waals surface area contributed by atoms with Gasteiger partial charge in [-0.3, -0.25) is 15.5 Å². The Bertz CT molecular complexity index is 962. The lowest BCUT2D eigenvalue weighted by molar-refractivity contribution is 0.185. The number of ether oxygens (including phenoxy) is 2. The molecular weight excluding hydrogens is 318 g/mol. The van der Waals surface area contributed by atoms with E-state index in [2.05, 4.69) is 25.7 Å². The molecule has 3 heterocycles. The highest BCUT2D eigenvalue weighted by atomic mass is 16.5. The van der Waals surface area contributed by atoms with Crippen molar-refractivity contribution in [3.05, 3.63) is 53.5 Å². The summed E-state index contributed by atoms with van der Waals surface area (Å²) in [5, 5.41) is 12.4. The summed E-state index contributed by atoms with van der Waals surface area (Å²) in [6.07, 6.45) is 7.07. The molecule has 25 heavy (non-hydrogen) atoms. The molecule has 126 valence electrons. The van der Waals surface area contributed by atoms with Crippen LogP contribution in [-0.4, -0.2) is 28.2 Å². The SMILES string of the molecule is COc1c(C2NN=C(C)O2)ccc2[nH]nc(C=Cc3cccnc3)c12. The minimum absolute atomic E-state index is 0.371. The van der Waals surface area contributed by atoms with Crippen LogP contribution in [0, 0.1) is 0 Å². The van der Waals surface area contributed by atoms with Gasteiger partial charge < -0.3 is 9.47 Å². The van der Waals surface area contributed by atoms with E-state index < -0.39 is 0 Å². The number of benzene rings is 1. The maximum Gasteiger partial charge on any atom is 0.215 e. The summed E-state index contributed by atoms with van der Waals surface area (Å²) in [5.41, 5.74) is 6.50. The molecule has 1 aliphatic heterocycles. The molecule has 0 amide bonds. The quantitative estimate of drug-likeness (QED) is 0.765. The van der Waals surface area contributed by atoms with Crippen LogP contribution in [0.3, 0.4) is 0 Å². The zero-order valence-electron chi connectivity index (χ0n) is 13.9. The van der Waals surface area contributed by atoms with Gasteiger partial charge in [0.25, 0.3) is 0 Å². The Kier molecular flexibility index (Phi) is 3.81. The average Bonchev–Trinajstić information content (AvgIpc) is 3.26. The second-order valence-electron chi connectivity index (χ2n) is 5.60. The molecule has 2 aromatic heterocycles. The first-order valence-corrected chi connectivity index (χ1v) is 7.86. The number of rotatable bonds is 4. The van der Waals surface area contributed by atoms with Crippen LogP contribution in [0.4, 0.5) is 0 Å². The van der Waals surface area contributed by atoms with Crippen molar-refractivity contribution in [2.75, 3.05) is 7.11 Å². The molecule has 1 unspecified atom stereocenters. The summed E-state index contributed by atoms with van der Waals surface area (Å²) >= 11 is 0. The van der Waals surface area contributed by atoms with Crippen molar-refractivity contribution in [2.45, 2.75) is 13.2 Å². The van der Waals surface area contributed by atoms with E-state index in [1.165, 1.54) is 0 Å². The van der Waals surface area contributed by atoms with Crippen LogP contribution in [0.5, 0.6) is 5.75 Å². The Hall–Kier alpha value is -3.35. The summed E-state index contributed by atoms with van der Waals surface area (Å²) < 4.78 is 11.4. The lowest BCUT2D eigenvalue weighted by atomic mass is 10.1. The van der Waals surface area contributed by atoms with Gasteiger partial charge in [-0.25, -0.2) is 0 Å². The summed E-state index contributed by atoms with van der Waals surface area (Å²) in [6, 6.07) is 7.78. The predicted octanol–water partition coefficient (Wildman–Crippen LogP) is 3.09. The van der Waals surface area contributed by atoms with Gasteiger partial charge in [-0.15, -0.1) is 5.10 Å². The minimum Gasteiger partial charge on any atom is -0.495 e. The summed E-state index contributed by atoms with van der Waals surface area (Å²) in [5.74, 6) is 1.30. The number of aromatic nitrogens is 3. The topological polar surface area (TPSA) is 84.4 Å². The molecule has 1 aromatic carbocycles. The molecular formula is C18H17N5O2. The third kappa shape index (κ3) is 2.80. The molecule has 1 atom stereocenters. The monoisotopic (exact) mass is 335 g/mol.